The molecule has 1 aliphatic heterocycles. The van der Waals surface area contributed by atoms with E-state index in [9.17, 15) is 9.18 Å². The highest BCUT2D eigenvalue weighted by molar-refractivity contribution is 6.30. The molecule has 1 fully saturated rings. The van der Waals surface area contributed by atoms with Crippen molar-refractivity contribution in [3.63, 3.8) is 0 Å². The molecule has 18 heavy (non-hydrogen) atoms. The summed E-state index contributed by atoms with van der Waals surface area (Å²) < 4.78 is 13.5. The average Bonchev–Trinajstić information content (AvgIpc) is 2.37. The van der Waals surface area contributed by atoms with Crippen LogP contribution in [0.15, 0.2) is 18.2 Å². The van der Waals surface area contributed by atoms with E-state index in [4.69, 9.17) is 11.6 Å². The lowest BCUT2D eigenvalue weighted by Gasteiger charge is -2.22. The van der Waals surface area contributed by atoms with Crippen LogP contribution < -0.4 is 5.32 Å². The zero-order valence-corrected chi connectivity index (χ0v) is 11.0. The van der Waals surface area contributed by atoms with Gasteiger partial charge in [-0.05, 0) is 56.5 Å². The molecule has 1 aromatic rings. The van der Waals surface area contributed by atoms with Crippen LogP contribution in [-0.2, 0) is 0 Å². The molecule has 4 heteroatoms. The van der Waals surface area contributed by atoms with Gasteiger partial charge in [0.1, 0.15) is 5.82 Å². The second kappa shape index (κ2) is 6.30. The van der Waals surface area contributed by atoms with Crippen molar-refractivity contribution in [2.45, 2.75) is 25.7 Å². The lowest BCUT2D eigenvalue weighted by atomic mass is 9.92. The second-order valence-corrected chi connectivity index (χ2v) is 5.23. The summed E-state index contributed by atoms with van der Waals surface area (Å²) in [6.07, 6.45) is 3.55. The Hall–Kier alpha value is -0.930. The van der Waals surface area contributed by atoms with E-state index >= 15 is 0 Å². The molecule has 0 spiro atoms. The number of Topliss-reactive ketones (excluding diaryl/α,β-unsaturated/α-hetero) is 1. The van der Waals surface area contributed by atoms with Crippen LogP contribution in [0.4, 0.5) is 4.39 Å². The highest BCUT2D eigenvalue weighted by atomic mass is 35.5. The van der Waals surface area contributed by atoms with Gasteiger partial charge in [-0.15, -0.1) is 0 Å². The van der Waals surface area contributed by atoms with Crippen LogP contribution in [0.25, 0.3) is 0 Å². The van der Waals surface area contributed by atoms with Crippen molar-refractivity contribution in [2.75, 3.05) is 13.1 Å². The first-order chi connectivity index (χ1) is 8.66. The molecule has 0 amide bonds. The second-order valence-electron chi connectivity index (χ2n) is 4.80. The van der Waals surface area contributed by atoms with Gasteiger partial charge in [0.05, 0.1) is 5.56 Å². The van der Waals surface area contributed by atoms with Crippen LogP contribution in [0.3, 0.4) is 0 Å². The Bertz CT molecular complexity index is 430. The van der Waals surface area contributed by atoms with Crippen LogP contribution >= 0.6 is 11.6 Å². The van der Waals surface area contributed by atoms with E-state index in [1.165, 1.54) is 12.1 Å². The number of piperidine rings is 1. The summed E-state index contributed by atoms with van der Waals surface area (Å²) in [4.78, 5) is 11.9. The van der Waals surface area contributed by atoms with Crippen molar-refractivity contribution in [3.8, 4) is 0 Å². The zero-order valence-electron chi connectivity index (χ0n) is 10.2. The highest BCUT2D eigenvalue weighted by Gasteiger charge is 2.17. The quantitative estimate of drug-likeness (QED) is 0.849. The number of hydrogen-bond acceptors (Lipinski definition) is 2. The molecule has 2 rings (SSSR count). The maximum Gasteiger partial charge on any atom is 0.165 e. The van der Waals surface area contributed by atoms with Gasteiger partial charge in [-0.1, -0.05) is 11.6 Å². The first-order valence-corrected chi connectivity index (χ1v) is 6.73. The Morgan fingerprint density at radius 1 is 1.50 bits per heavy atom. The molecule has 1 unspecified atom stereocenters. The van der Waals surface area contributed by atoms with Gasteiger partial charge in [-0.25, -0.2) is 4.39 Å². The summed E-state index contributed by atoms with van der Waals surface area (Å²) >= 11 is 5.66. The van der Waals surface area contributed by atoms with Gasteiger partial charge in [0.2, 0.25) is 0 Å². The monoisotopic (exact) mass is 269 g/mol. The normalized spacial score (nSPS) is 19.8. The van der Waals surface area contributed by atoms with Gasteiger partial charge in [0, 0.05) is 11.4 Å². The molecule has 0 saturated carbocycles. The predicted octanol–water partition coefficient (Wildman–Crippen LogP) is 3.44. The Labute approximate surface area is 112 Å². The molecular formula is C14H17ClFNO. The Morgan fingerprint density at radius 2 is 2.33 bits per heavy atom. The van der Waals surface area contributed by atoms with Crippen LogP contribution in [-0.4, -0.2) is 18.9 Å². The van der Waals surface area contributed by atoms with E-state index in [1.54, 1.807) is 6.07 Å². The number of benzene rings is 1. The molecule has 1 N–H and O–H groups in total. The number of halogens is 2. The van der Waals surface area contributed by atoms with Crippen LogP contribution in [0, 0.1) is 11.7 Å². The topological polar surface area (TPSA) is 29.1 Å². The van der Waals surface area contributed by atoms with Crippen LogP contribution in [0.2, 0.25) is 5.02 Å². The van der Waals surface area contributed by atoms with Gasteiger partial charge in [-0.2, -0.15) is 0 Å². The molecule has 1 aliphatic rings. The minimum absolute atomic E-state index is 0.130. The summed E-state index contributed by atoms with van der Waals surface area (Å²) in [5.74, 6) is -0.109. The standard InChI is InChI=1S/C14H17ClFNO/c15-11-4-5-12(13(16)8-11)14(18)6-3-10-2-1-7-17-9-10/h4-5,8,10,17H,1-3,6-7,9H2. The Balaban J connectivity index is 1.90. The average molecular weight is 270 g/mol. The fourth-order valence-electron chi connectivity index (χ4n) is 2.36. The number of carbonyl (C=O) groups excluding carboxylic acids is 1. The summed E-state index contributed by atoms with van der Waals surface area (Å²) in [6.45, 7) is 2.03. The molecule has 0 radical (unpaired) electrons. The Kier molecular flexibility index (Phi) is 4.72. The maximum atomic E-state index is 13.5. The molecule has 1 atom stereocenters. The van der Waals surface area contributed by atoms with Gasteiger partial charge in [0.25, 0.3) is 0 Å². The van der Waals surface area contributed by atoms with E-state index in [2.05, 4.69) is 5.32 Å². The van der Waals surface area contributed by atoms with Gasteiger partial charge < -0.3 is 5.32 Å². The first-order valence-electron chi connectivity index (χ1n) is 6.36. The lowest BCUT2D eigenvalue weighted by Crippen LogP contribution is -2.30. The minimum atomic E-state index is -0.519. The van der Waals surface area contributed by atoms with Crippen LogP contribution in [0.5, 0.6) is 0 Å². The molecule has 98 valence electrons. The zero-order chi connectivity index (χ0) is 13.0. The number of hydrogen-bond donors (Lipinski definition) is 1. The van der Waals surface area contributed by atoms with Crippen molar-refractivity contribution in [3.05, 3.63) is 34.6 Å². The van der Waals surface area contributed by atoms with E-state index in [1.807, 2.05) is 0 Å². The fourth-order valence-corrected chi connectivity index (χ4v) is 2.51. The largest absolute Gasteiger partial charge is 0.316 e. The fraction of sp³-hybridized carbons (Fsp3) is 0.500. The predicted molar refractivity (Wildman–Crippen MR) is 70.6 cm³/mol. The highest BCUT2D eigenvalue weighted by Crippen LogP contribution is 2.20. The third-order valence-corrected chi connectivity index (χ3v) is 3.65. The molecular weight excluding hydrogens is 253 g/mol. The van der Waals surface area contributed by atoms with E-state index < -0.39 is 5.82 Å². The first kappa shape index (κ1) is 13.5. The third-order valence-electron chi connectivity index (χ3n) is 3.41. The number of ketones is 1. The number of carbonyl (C=O) groups is 1. The van der Waals surface area contributed by atoms with Crippen molar-refractivity contribution < 1.29 is 9.18 Å². The third kappa shape index (κ3) is 3.53. The SMILES string of the molecule is O=C(CCC1CCCNC1)c1ccc(Cl)cc1F. The van der Waals surface area contributed by atoms with Crippen molar-refractivity contribution in [1.82, 2.24) is 5.32 Å². The molecule has 2 nitrogen and oxygen atoms in total. The van der Waals surface area contributed by atoms with E-state index in [0.717, 1.165) is 32.4 Å². The molecule has 0 aromatic heterocycles. The maximum absolute atomic E-state index is 13.5. The van der Waals surface area contributed by atoms with Crippen LogP contribution in [0.1, 0.15) is 36.0 Å². The number of rotatable bonds is 4. The minimum Gasteiger partial charge on any atom is -0.316 e. The Morgan fingerprint density at radius 3 is 3.00 bits per heavy atom. The molecule has 0 bridgehead atoms. The summed E-state index contributed by atoms with van der Waals surface area (Å²) in [5.41, 5.74) is 0.156. The van der Waals surface area contributed by atoms with E-state index in [0.29, 0.717) is 17.4 Å². The molecule has 1 saturated heterocycles. The van der Waals surface area contributed by atoms with Gasteiger partial charge >= 0.3 is 0 Å². The summed E-state index contributed by atoms with van der Waals surface area (Å²) in [5, 5.41) is 3.63. The van der Waals surface area contributed by atoms with Crippen molar-refractivity contribution in [1.29, 1.82) is 0 Å². The molecule has 1 aromatic carbocycles. The number of nitrogens with one attached hydrogen (secondary N) is 1. The smallest absolute Gasteiger partial charge is 0.165 e. The molecule has 1 heterocycles. The summed E-state index contributed by atoms with van der Waals surface area (Å²) in [7, 11) is 0. The summed E-state index contributed by atoms with van der Waals surface area (Å²) in [6, 6.07) is 4.22. The van der Waals surface area contributed by atoms with Gasteiger partial charge in [-0.3, -0.25) is 4.79 Å². The van der Waals surface area contributed by atoms with Crippen molar-refractivity contribution >= 4 is 17.4 Å². The van der Waals surface area contributed by atoms with E-state index in [-0.39, 0.29) is 11.3 Å². The molecule has 0 aliphatic carbocycles. The van der Waals surface area contributed by atoms with Crippen molar-refractivity contribution in [2.24, 2.45) is 5.92 Å². The van der Waals surface area contributed by atoms with Gasteiger partial charge in [0.15, 0.2) is 5.78 Å². The lowest BCUT2D eigenvalue weighted by molar-refractivity contribution is 0.0967.